The Hall–Kier alpha value is -3.48. The number of carbonyl (C=O) groups is 2. The third-order valence-corrected chi connectivity index (χ3v) is 11.9. The van der Waals surface area contributed by atoms with E-state index in [1.807, 2.05) is 51.1 Å². The number of carbonyl (C=O) groups excluding carboxylic acids is 2. The second-order valence-electron chi connectivity index (χ2n) is 14.0. The predicted octanol–water partition coefficient (Wildman–Crippen LogP) is 7.25. The van der Waals surface area contributed by atoms with Crippen LogP contribution in [0.15, 0.2) is 59.6 Å². The van der Waals surface area contributed by atoms with Crippen molar-refractivity contribution in [1.29, 1.82) is 0 Å². The van der Waals surface area contributed by atoms with Gasteiger partial charge in [0.2, 0.25) is 10.0 Å². The number of aromatic nitrogens is 1. The first kappa shape index (κ1) is 33.9. The number of sulfonamides is 1. The zero-order valence-corrected chi connectivity index (χ0v) is 29.0. The molecule has 0 radical (unpaired) electrons. The number of amides is 3. The number of ether oxygens (including phenoxy) is 1. The lowest BCUT2D eigenvalue weighted by Gasteiger charge is -2.52. The van der Waals surface area contributed by atoms with Crippen LogP contribution in [0.3, 0.4) is 0 Å². The van der Waals surface area contributed by atoms with Crippen molar-refractivity contribution < 1.29 is 22.7 Å². The average Bonchev–Trinajstić information content (AvgIpc) is 3.48. The molecule has 0 saturated heterocycles. The van der Waals surface area contributed by atoms with Gasteiger partial charge in [-0.15, -0.1) is 11.3 Å². The van der Waals surface area contributed by atoms with Crippen molar-refractivity contribution >= 4 is 39.2 Å². The summed E-state index contributed by atoms with van der Waals surface area (Å²) in [5.74, 6) is 0. The molecule has 3 fully saturated rings. The topological polar surface area (TPSA) is 139 Å². The Morgan fingerprint density at radius 2 is 1.61 bits per heavy atom. The van der Waals surface area contributed by atoms with Gasteiger partial charge in [-0.05, 0) is 97.8 Å². The fraction of sp³-hybridized carbons (Fsp3) is 0.500. The van der Waals surface area contributed by atoms with E-state index in [1.165, 1.54) is 17.4 Å². The Bertz CT molecular complexity index is 1660. The number of alkyl carbamates (subject to hydrolysis) is 1. The number of hydrogen-bond donors (Lipinski definition) is 4. The largest absolute Gasteiger partial charge is 0.447 e. The number of thiazole rings is 1. The molecule has 10 nitrogen and oxygen atoms in total. The van der Waals surface area contributed by atoms with Crippen LogP contribution in [0, 0.1) is 0 Å². The lowest BCUT2D eigenvalue weighted by molar-refractivity contribution is 0.0560. The van der Waals surface area contributed by atoms with Gasteiger partial charge in [0, 0.05) is 33.9 Å². The second-order valence-corrected chi connectivity index (χ2v) is 16.6. The van der Waals surface area contributed by atoms with Gasteiger partial charge in [-0.1, -0.05) is 36.4 Å². The highest BCUT2D eigenvalue weighted by molar-refractivity contribution is 7.89. The molecule has 248 valence electrons. The molecule has 3 saturated carbocycles. The summed E-state index contributed by atoms with van der Waals surface area (Å²) in [5, 5.41) is 9.85. The lowest BCUT2D eigenvalue weighted by Crippen LogP contribution is -2.58. The summed E-state index contributed by atoms with van der Waals surface area (Å²) in [6, 6.07) is 13.9. The van der Waals surface area contributed by atoms with Crippen molar-refractivity contribution in [3.05, 3.63) is 65.3 Å². The van der Waals surface area contributed by atoms with E-state index in [0.717, 1.165) is 54.0 Å². The molecular formula is C34H45N5O5S2. The van der Waals surface area contributed by atoms with Gasteiger partial charge in [0.15, 0.2) is 0 Å². The maximum atomic E-state index is 13.8. The Balaban J connectivity index is 1.38. The van der Waals surface area contributed by atoms with Crippen molar-refractivity contribution in [2.24, 2.45) is 0 Å². The van der Waals surface area contributed by atoms with Crippen LogP contribution in [-0.2, 0) is 20.2 Å². The maximum Gasteiger partial charge on any atom is 0.407 e. The summed E-state index contributed by atoms with van der Waals surface area (Å²) < 4.78 is 35.7. The van der Waals surface area contributed by atoms with Crippen LogP contribution < -0.4 is 20.7 Å². The van der Waals surface area contributed by atoms with Crippen LogP contribution in [0.1, 0.15) is 96.7 Å². The highest BCUT2D eigenvalue weighted by atomic mass is 32.2. The Morgan fingerprint density at radius 1 is 0.957 bits per heavy atom. The molecule has 0 aliphatic heterocycles. The molecule has 12 heteroatoms. The maximum absolute atomic E-state index is 13.8. The number of rotatable bonds is 9. The molecule has 46 heavy (non-hydrogen) atoms. The van der Waals surface area contributed by atoms with Gasteiger partial charge in [-0.25, -0.2) is 27.7 Å². The van der Waals surface area contributed by atoms with Crippen LogP contribution in [0.25, 0.3) is 10.4 Å². The molecule has 1 unspecified atom stereocenters. The Kier molecular flexibility index (Phi) is 9.54. The zero-order chi connectivity index (χ0) is 33.3. The molecular weight excluding hydrogens is 623 g/mol. The lowest BCUT2D eigenvalue weighted by atomic mass is 9.57. The summed E-state index contributed by atoms with van der Waals surface area (Å²) in [6.07, 6.45) is 6.42. The second kappa shape index (κ2) is 13.0. The van der Waals surface area contributed by atoms with Gasteiger partial charge in [0.25, 0.3) is 0 Å². The van der Waals surface area contributed by atoms with Gasteiger partial charge >= 0.3 is 12.1 Å². The highest BCUT2D eigenvalue weighted by Crippen LogP contribution is 2.55. The quantitative estimate of drug-likeness (QED) is 0.190. The average molecular weight is 668 g/mol. The Morgan fingerprint density at radius 3 is 2.22 bits per heavy atom. The smallest absolute Gasteiger partial charge is 0.407 e. The molecule has 3 aromatic rings. The molecule has 3 amide bonds. The summed E-state index contributed by atoms with van der Waals surface area (Å²) in [5.41, 5.74) is 0.774. The monoisotopic (exact) mass is 667 g/mol. The van der Waals surface area contributed by atoms with Crippen LogP contribution >= 0.6 is 11.3 Å². The standard InChI is InChI=1S/C34H45N5O5S2/c1-22(2)44-31(41)38-34-17-14-33(15-18-34,16-19-34)29-35-21-27(45-29)26-13-12-25(20-28(26)46(42,43)39-32(4,5)6)37-30(40)36-23(3)24-10-8-7-9-11-24/h7-13,20-23,39H,14-19H2,1-6H3,(H,38,41)(H2,36,37,40). The van der Waals surface area contributed by atoms with Crippen molar-refractivity contribution in [3.8, 4) is 10.4 Å². The van der Waals surface area contributed by atoms with E-state index in [4.69, 9.17) is 9.72 Å². The van der Waals surface area contributed by atoms with Crippen LogP contribution in [0.2, 0.25) is 0 Å². The van der Waals surface area contributed by atoms with E-state index in [2.05, 4.69) is 20.7 Å². The molecule has 4 N–H and O–H groups in total. The third kappa shape index (κ3) is 7.72. The molecule has 1 heterocycles. The number of urea groups is 1. The fourth-order valence-corrected chi connectivity index (χ4v) is 9.43. The predicted molar refractivity (Wildman–Crippen MR) is 181 cm³/mol. The summed E-state index contributed by atoms with van der Waals surface area (Å²) in [4.78, 5) is 30.9. The molecule has 2 aromatic carbocycles. The molecule has 1 aromatic heterocycles. The first-order chi connectivity index (χ1) is 21.6. The highest BCUT2D eigenvalue weighted by Gasteiger charge is 2.51. The zero-order valence-electron chi connectivity index (χ0n) is 27.4. The molecule has 1 atom stereocenters. The molecule has 2 bridgehead atoms. The van der Waals surface area contributed by atoms with Crippen molar-refractivity contribution in [3.63, 3.8) is 0 Å². The fourth-order valence-electron chi connectivity index (χ4n) is 6.47. The van der Waals surface area contributed by atoms with Gasteiger partial charge < -0.3 is 20.7 Å². The van der Waals surface area contributed by atoms with Crippen molar-refractivity contribution in [1.82, 2.24) is 20.3 Å². The SMILES string of the molecule is CC(C)OC(=O)NC12CCC(c3ncc(-c4ccc(NC(=O)NC(C)c5ccccc5)cc4S(=O)(=O)NC(C)(C)C)s3)(CC1)CC2. The van der Waals surface area contributed by atoms with Gasteiger partial charge in [-0.2, -0.15) is 0 Å². The van der Waals surface area contributed by atoms with Gasteiger partial charge in [0.05, 0.1) is 26.9 Å². The first-order valence-corrected chi connectivity index (χ1v) is 18.1. The van der Waals surface area contributed by atoms with E-state index in [-0.39, 0.29) is 34.1 Å². The number of nitrogens with zero attached hydrogens (tertiary/aromatic N) is 1. The van der Waals surface area contributed by atoms with Crippen molar-refractivity contribution in [2.75, 3.05) is 5.32 Å². The summed E-state index contributed by atoms with van der Waals surface area (Å²) in [7, 11) is -3.97. The van der Waals surface area contributed by atoms with E-state index < -0.39 is 21.6 Å². The third-order valence-electron chi connectivity index (χ3n) is 8.80. The van der Waals surface area contributed by atoms with Crippen LogP contribution in [0.5, 0.6) is 0 Å². The van der Waals surface area contributed by atoms with E-state index >= 15 is 0 Å². The van der Waals surface area contributed by atoms with E-state index in [9.17, 15) is 18.0 Å². The minimum absolute atomic E-state index is 0.0724. The number of benzene rings is 2. The van der Waals surface area contributed by atoms with Crippen molar-refractivity contribution in [2.45, 2.75) is 114 Å². The van der Waals surface area contributed by atoms with Crippen LogP contribution in [-0.4, -0.2) is 42.7 Å². The van der Waals surface area contributed by atoms with Crippen LogP contribution in [0.4, 0.5) is 15.3 Å². The number of anilines is 1. The number of nitrogens with one attached hydrogen (secondary N) is 4. The molecule has 3 aliphatic carbocycles. The minimum Gasteiger partial charge on any atom is -0.447 e. The normalized spacial score (nSPS) is 21.9. The Labute approximate surface area is 276 Å². The molecule has 0 spiro atoms. The first-order valence-electron chi connectivity index (χ1n) is 15.8. The minimum atomic E-state index is -3.97. The summed E-state index contributed by atoms with van der Waals surface area (Å²) >= 11 is 1.52. The van der Waals surface area contributed by atoms with Gasteiger partial charge in [0.1, 0.15) is 0 Å². The van der Waals surface area contributed by atoms with Gasteiger partial charge in [-0.3, -0.25) is 0 Å². The molecule has 6 rings (SSSR count). The summed E-state index contributed by atoms with van der Waals surface area (Å²) in [6.45, 7) is 10.9. The molecule has 3 aliphatic rings. The number of fused-ring (bicyclic) bond motifs is 3. The van der Waals surface area contributed by atoms with E-state index in [0.29, 0.717) is 11.3 Å². The number of hydrogen-bond acceptors (Lipinski definition) is 7. The van der Waals surface area contributed by atoms with E-state index in [1.54, 1.807) is 39.1 Å².